The number of hydrogen-bond donors (Lipinski definition) is 2. The number of aliphatic carboxylic acids is 1. The van der Waals surface area contributed by atoms with Crippen LogP contribution in [0.5, 0.6) is 0 Å². The van der Waals surface area contributed by atoms with E-state index in [0.717, 1.165) is 22.3 Å². The van der Waals surface area contributed by atoms with Crippen LogP contribution >= 0.6 is 0 Å². The maximum atomic E-state index is 13.2. The van der Waals surface area contributed by atoms with Crippen LogP contribution in [0.1, 0.15) is 44.7 Å². The van der Waals surface area contributed by atoms with Crippen molar-refractivity contribution in [2.45, 2.75) is 39.7 Å². The predicted octanol–water partition coefficient (Wildman–Crippen LogP) is 4.12. The van der Waals surface area contributed by atoms with E-state index in [1.54, 1.807) is 4.90 Å². The number of likely N-dealkylation sites (tertiary alicyclic amines) is 1. The Hall–Kier alpha value is -3.35. The summed E-state index contributed by atoms with van der Waals surface area (Å²) in [6, 6.07) is 15.4. The van der Waals surface area contributed by atoms with Crippen LogP contribution in [0.3, 0.4) is 0 Å². The van der Waals surface area contributed by atoms with Crippen LogP contribution in [-0.4, -0.2) is 53.7 Å². The summed E-state index contributed by atoms with van der Waals surface area (Å²) in [5.41, 5.74) is 3.99. The van der Waals surface area contributed by atoms with E-state index in [1.807, 2.05) is 52.0 Å². The van der Waals surface area contributed by atoms with Gasteiger partial charge in [0.2, 0.25) is 5.91 Å². The first kappa shape index (κ1) is 23.8. The summed E-state index contributed by atoms with van der Waals surface area (Å²) in [4.78, 5) is 39.2. The monoisotopic (exact) mass is 464 g/mol. The van der Waals surface area contributed by atoms with Gasteiger partial charge >= 0.3 is 12.1 Å². The van der Waals surface area contributed by atoms with Crippen molar-refractivity contribution in [3.63, 3.8) is 0 Å². The Labute approximate surface area is 200 Å². The van der Waals surface area contributed by atoms with Gasteiger partial charge in [-0.3, -0.25) is 9.59 Å². The quantitative estimate of drug-likeness (QED) is 0.671. The molecule has 180 valence electrons. The summed E-state index contributed by atoms with van der Waals surface area (Å²) >= 11 is 0. The maximum Gasteiger partial charge on any atom is 0.407 e. The molecule has 1 heterocycles. The highest BCUT2D eigenvalue weighted by atomic mass is 16.5. The Kier molecular flexibility index (Phi) is 6.39. The highest BCUT2D eigenvalue weighted by Crippen LogP contribution is 2.44. The summed E-state index contributed by atoms with van der Waals surface area (Å²) in [6.45, 7) is 8.03. The molecule has 2 aliphatic rings. The Bertz CT molecular complexity index is 1060. The molecule has 2 amide bonds. The normalized spacial score (nSPS) is 19.4. The number of ether oxygens (including phenoxy) is 1. The molecule has 0 spiro atoms. The predicted molar refractivity (Wildman–Crippen MR) is 128 cm³/mol. The van der Waals surface area contributed by atoms with E-state index in [0.29, 0.717) is 6.54 Å². The molecule has 2 aromatic rings. The number of nitrogens with one attached hydrogen (secondary N) is 1. The van der Waals surface area contributed by atoms with Gasteiger partial charge in [0.25, 0.3) is 0 Å². The van der Waals surface area contributed by atoms with E-state index < -0.39 is 29.4 Å². The standard InChI is InChI=1S/C27H32N2O5/c1-16(2)23(24(30)29-13-22(25(31)32)27(3,4)15-29)28-26(33)34-14-21-19-11-7-5-9-17(19)18-10-6-8-12-20(18)21/h5-12,16,21-23H,13-15H2,1-4H3,(H,28,33)(H,31,32)/t22?,23-/m0/s1. The van der Waals surface area contributed by atoms with E-state index in [2.05, 4.69) is 29.6 Å². The second kappa shape index (κ2) is 9.12. The van der Waals surface area contributed by atoms with Gasteiger partial charge in [-0.2, -0.15) is 0 Å². The van der Waals surface area contributed by atoms with E-state index in [4.69, 9.17) is 4.74 Å². The Balaban J connectivity index is 1.43. The van der Waals surface area contributed by atoms with Gasteiger partial charge in [0.1, 0.15) is 12.6 Å². The second-order valence-corrected chi connectivity index (χ2v) is 10.3. The number of amides is 2. The Morgan fingerprint density at radius 1 is 1.06 bits per heavy atom. The number of rotatable bonds is 6. The van der Waals surface area contributed by atoms with Gasteiger partial charge in [0.15, 0.2) is 0 Å². The first-order chi connectivity index (χ1) is 16.1. The van der Waals surface area contributed by atoms with Gasteiger partial charge in [-0.05, 0) is 33.6 Å². The molecule has 1 unspecified atom stereocenters. The molecule has 0 bridgehead atoms. The van der Waals surface area contributed by atoms with Gasteiger partial charge in [0.05, 0.1) is 5.92 Å². The number of carbonyl (C=O) groups excluding carboxylic acids is 2. The lowest BCUT2D eigenvalue weighted by atomic mass is 9.82. The molecule has 0 saturated carbocycles. The molecule has 0 radical (unpaired) electrons. The highest BCUT2D eigenvalue weighted by molar-refractivity contribution is 5.87. The number of fused-ring (bicyclic) bond motifs is 3. The van der Waals surface area contributed by atoms with Crippen LogP contribution in [0.2, 0.25) is 0 Å². The molecule has 1 aliphatic heterocycles. The minimum atomic E-state index is -0.911. The van der Waals surface area contributed by atoms with Gasteiger partial charge in [-0.25, -0.2) is 4.79 Å². The third kappa shape index (κ3) is 4.39. The molecule has 7 heteroatoms. The van der Waals surface area contributed by atoms with Crippen LogP contribution in [-0.2, 0) is 14.3 Å². The topological polar surface area (TPSA) is 95.9 Å². The number of carboxylic acid groups (broad SMARTS) is 1. The molecule has 1 aliphatic carbocycles. The zero-order valence-corrected chi connectivity index (χ0v) is 20.1. The van der Waals surface area contributed by atoms with Crippen molar-refractivity contribution in [2.75, 3.05) is 19.7 Å². The smallest absolute Gasteiger partial charge is 0.407 e. The second-order valence-electron chi connectivity index (χ2n) is 10.3. The molecule has 34 heavy (non-hydrogen) atoms. The molecule has 4 rings (SSSR count). The van der Waals surface area contributed by atoms with Crippen molar-refractivity contribution in [3.05, 3.63) is 59.7 Å². The fraction of sp³-hybridized carbons (Fsp3) is 0.444. The largest absolute Gasteiger partial charge is 0.481 e. The van der Waals surface area contributed by atoms with Crippen LogP contribution in [0.25, 0.3) is 11.1 Å². The molecule has 2 aromatic carbocycles. The van der Waals surface area contributed by atoms with Crippen molar-refractivity contribution in [2.24, 2.45) is 17.3 Å². The SMILES string of the molecule is CC(C)[C@H](NC(=O)OCC1c2ccccc2-c2ccccc21)C(=O)N1CC(C(=O)O)C(C)(C)C1. The number of benzene rings is 2. The molecular formula is C27H32N2O5. The number of carbonyl (C=O) groups is 3. The summed E-state index contributed by atoms with van der Waals surface area (Å²) in [7, 11) is 0. The fourth-order valence-electron chi connectivity index (χ4n) is 5.19. The summed E-state index contributed by atoms with van der Waals surface area (Å²) in [6.07, 6.45) is -0.651. The minimum Gasteiger partial charge on any atom is -0.481 e. The number of alkyl carbamates (subject to hydrolysis) is 1. The van der Waals surface area contributed by atoms with Crippen molar-refractivity contribution in [1.29, 1.82) is 0 Å². The number of nitrogens with zero attached hydrogens (tertiary/aromatic N) is 1. The summed E-state index contributed by atoms with van der Waals surface area (Å²) in [5, 5.41) is 12.3. The van der Waals surface area contributed by atoms with Crippen molar-refractivity contribution in [3.8, 4) is 11.1 Å². The fourth-order valence-corrected chi connectivity index (χ4v) is 5.19. The lowest BCUT2D eigenvalue weighted by Crippen LogP contribution is -2.51. The Morgan fingerprint density at radius 3 is 2.12 bits per heavy atom. The van der Waals surface area contributed by atoms with Crippen LogP contribution < -0.4 is 5.32 Å². The first-order valence-corrected chi connectivity index (χ1v) is 11.7. The summed E-state index contributed by atoms with van der Waals surface area (Å²) in [5.74, 6) is -2.08. The maximum absolute atomic E-state index is 13.2. The van der Waals surface area contributed by atoms with E-state index in [-0.39, 0.29) is 30.9 Å². The van der Waals surface area contributed by atoms with Gasteiger partial charge in [0, 0.05) is 19.0 Å². The van der Waals surface area contributed by atoms with Gasteiger partial charge in [-0.15, -0.1) is 0 Å². The lowest BCUT2D eigenvalue weighted by Gasteiger charge is -2.27. The van der Waals surface area contributed by atoms with Gasteiger partial charge < -0.3 is 20.1 Å². The van der Waals surface area contributed by atoms with Gasteiger partial charge in [-0.1, -0.05) is 76.2 Å². The first-order valence-electron chi connectivity index (χ1n) is 11.7. The molecule has 2 atom stereocenters. The van der Waals surface area contributed by atoms with E-state index in [1.165, 1.54) is 0 Å². The zero-order valence-electron chi connectivity index (χ0n) is 20.1. The number of hydrogen-bond acceptors (Lipinski definition) is 4. The third-order valence-corrected chi connectivity index (χ3v) is 7.10. The van der Waals surface area contributed by atoms with E-state index >= 15 is 0 Å². The summed E-state index contributed by atoms with van der Waals surface area (Å²) < 4.78 is 5.62. The van der Waals surface area contributed by atoms with E-state index in [9.17, 15) is 19.5 Å². The minimum absolute atomic E-state index is 0.0675. The molecule has 2 N–H and O–H groups in total. The van der Waals surface area contributed by atoms with Crippen molar-refractivity contribution in [1.82, 2.24) is 10.2 Å². The lowest BCUT2D eigenvalue weighted by molar-refractivity contribution is -0.144. The molecule has 1 saturated heterocycles. The molecule has 0 aromatic heterocycles. The van der Waals surface area contributed by atoms with Crippen LogP contribution in [0.15, 0.2) is 48.5 Å². The average Bonchev–Trinajstić information content (AvgIpc) is 3.29. The molecular weight excluding hydrogens is 432 g/mol. The molecule has 1 fully saturated rings. The zero-order chi connectivity index (χ0) is 24.6. The average molecular weight is 465 g/mol. The van der Waals surface area contributed by atoms with Crippen LogP contribution in [0.4, 0.5) is 4.79 Å². The Morgan fingerprint density at radius 2 is 1.62 bits per heavy atom. The highest BCUT2D eigenvalue weighted by Gasteiger charge is 2.47. The van der Waals surface area contributed by atoms with Crippen molar-refractivity contribution >= 4 is 18.0 Å². The van der Waals surface area contributed by atoms with Crippen LogP contribution in [0, 0.1) is 17.3 Å². The number of carboxylic acids is 1. The molecule has 7 nitrogen and oxygen atoms in total. The van der Waals surface area contributed by atoms with Crippen molar-refractivity contribution < 1.29 is 24.2 Å². The third-order valence-electron chi connectivity index (χ3n) is 7.10.